The van der Waals surface area contributed by atoms with Crippen LogP contribution in [0.25, 0.3) is 11.3 Å². The van der Waals surface area contributed by atoms with Gasteiger partial charge < -0.3 is 0 Å². The Balaban J connectivity index is 2.48. The molecule has 70 valence electrons. The number of halogens is 2. The molecule has 0 amide bonds. The molecule has 14 heavy (non-hydrogen) atoms. The molecule has 2 rings (SSSR count). The third-order valence-corrected chi connectivity index (χ3v) is 2.53. The van der Waals surface area contributed by atoms with Gasteiger partial charge in [0.25, 0.3) is 0 Å². The Morgan fingerprint density at radius 2 is 1.86 bits per heavy atom. The van der Waals surface area contributed by atoms with Gasteiger partial charge in [-0.15, -0.1) is 0 Å². The van der Waals surface area contributed by atoms with Crippen LogP contribution in [0.5, 0.6) is 0 Å². The summed E-state index contributed by atoms with van der Waals surface area (Å²) in [6.45, 7) is 0. The van der Waals surface area contributed by atoms with E-state index in [-0.39, 0.29) is 0 Å². The van der Waals surface area contributed by atoms with Gasteiger partial charge in [-0.25, -0.2) is 0 Å². The average molecular weight is 225 g/mol. The number of hydrogen-bond acceptors (Lipinski definition) is 2. The van der Waals surface area contributed by atoms with Crippen LogP contribution in [0.2, 0.25) is 10.0 Å². The second-order valence-corrected chi connectivity index (χ2v) is 3.55. The summed E-state index contributed by atoms with van der Waals surface area (Å²) >= 11 is 11.7. The number of aromatic nitrogens is 2. The summed E-state index contributed by atoms with van der Waals surface area (Å²) < 4.78 is 0. The van der Waals surface area contributed by atoms with Gasteiger partial charge in [0.05, 0.1) is 15.7 Å². The fraction of sp³-hybridized carbons (Fsp3) is 0. The van der Waals surface area contributed by atoms with Crippen molar-refractivity contribution < 1.29 is 0 Å². The molecule has 0 fully saturated rings. The molecule has 0 aliphatic rings. The zero-order valence-corrected chi connectivity index (χ0v) is 8.63. The van der Waals surface area contributed by atoms with E-state index in [0.717, 1.165) is 11.3 Å². The van der Waals surface area contributed by atoms with Crippen molar-refractivity contribution in [2.24, 2.45) is 0 Å². The van der Waals surface area contributed by atoms with Gasteiger partial charge >= 0.3 is 0 Å². The third kappa shape index (κ3) is 1.86. The van der Waals surface area contributed by atoms with E-state index < -0.39 is 0 Å². The summed E-state index contributed by atoms with van der Waals surface area (Å²) in [6, 6.07) is 9.07. The molecule has 0 spiro atoms. The Morgan fingerprint density at radius 1 is 1.00 bits per heavy atom. The van der Waals surface area contributed by atoms with Crippen molar-refractivity contribution in [1.82, 2.24) is 10.2 Å². The molecule has 0 N–H and O–H groups in total. The van der Waals surface area contributed by atoms with Crippen LogP contribution < -0.4 is 0 Å². The lowest BCUT2D eigenvalue weighted by Crippen LogP contribution is -1.85. The van der Waals surface area contributed by atoms with E-state index in [1.165, 1.54) is 0 Å². The zero-order chi connectivity index (χ0) is 9.97. The predicted octanol–water partition coefficient (Wildman–Crippen LogP) is 3.45. The quantitative estimate of drug-likeness (QED) is 0.742. The molecule has 0 saturated carbocycles. The van der Waals surface area contributed by atoms with Crippen molar-refractivity contribution in [3.05, 3.63) is 46.6 Å². The van der Waals surface area contributed by atoms with Crippen LogP contribution in [-0.2, 0) is 0 Å². The molecule has 1 heterocycles. The van der Waals surface area contributed by atoms with E-state index in [4.69, 9.17) is 23.2 Å². The highest BCUT2D eigenvalue weighted by Crippen LogP contribution is 2.26. The topological polar surface area (TPSA) is 25.8 Å². The van der Waals surface area contributed by atoms with Gasteiger partial charge in [0, 0.05) is 11.8 Å². The van der Waals surface area contributed by atoms with E-state index in [1.54, 1.807) is 18.3 Å². The van der Waals surface area contributed by atoms with E-state index in [1.807, 2.05) is 18.2 Å². The maximum Gasteiger partial charge on any atom is 0.0930 e. The van der Waals surface area contributed by atoms with Crippen LogP contribution in [0.4, 0.5) is 0 Å². The molecule has 2 nitrogen and oxygen atoms in total. The molecular formula is C10H6Cl2N2. The number of rotatable bonds is 1. The molecule has 1 aromatic carbocycles. The van der Waals surface area contributed by atoms with Gasteiger partial charge in [0.15, 0.2) is 0 Å². The molecule has 4 heteroatoms. The van der Waals surface area contributed by atoms with E-state index in [0.29, 0.717) is 10.0 Å². The van der Waals surface area contributed by atoms with Crippen LogP contribution in [0.15, 0.2) is 36.5 Å². The monoisotopic (exact) mass is 224 g/mol. The highest BCUT2D eigenvalue weighted by atomic mass is 35.5. The van der Waals surface area contributed by atoms with Gasteiger partial charge in [-0.3, -0.25) is 0 Å². The molecule has 0 saturated heterocycles. The Kier molecular flexibility index (Phi) is 2.66. The van der Waals surface area contributed by atoms with Gasteiger partial charge in [0.2, 0.25) is 0 Å². The summed E-state index contributed by atoms with van der Waals surface area (Å²) in [7, 11) is 0. The zero-order valence-electron chi connectivity index (χ0n) is 7.11. The highest BCUT2D eigenvalue weighted by Gasteiger charge is 2.02. The van der Waals surface area contributed by atoms with Crippen LogP contribution in [-0.4, -0.2) is 10.2 Å². The minimum atomic E-state index is 0.523. The average Bonchev–Trinajstić information content (AvgIpc) is 2.23. The standard InChI is InChI=1S/C10H6Cl2N2/c11-8-4-3-7(6-9(8)12)10-2-1-5-13-14-10/h1-6H. The first-order valence-corrected chi connectivity index (χ1v) is 4.76. The lowest BCUT2D eigenvalue weighted by Gasteiger charge is -2.00. The Hall–Kier alpha value is -1.12. The second-order valence-electron chi connectivity index (χ2n) is 2.74. The fourth-order valence-corrected chi connectivity index (χ4v) is 1.41. The lowest BCUT2D eigenvalue weighted by atomic mass is 10.1. The van der Waals surface area contributed by atoms with Crippen LogP contribution in [0.1, 0.15) is 0 Å². The summed E-state index contributed by atoms with van der Waals surface area (Å²) in [5, 5.41) is 8.82. The normalized spacial score (nSPS) is 10.1. The van der Waals surface area contributed by atoms with Crippen LogP contribution >= 0.6 is 23.2 Å². The van der Waals surface area contributed by atoms with Crippen molar-refractivity contribution in [1.29, 1.82) is 0 Å². The molecule has 0 atom stereocenters. The summed E-state index contributed by atoms with van der Waals surface area (Å²) in [4.78, 5) is 0. The van der Waals surface area contributed by atoms with Crippen LogP contribution in [0, 0.1) is 0 Å². The van der Waals surface area contributed by atoms with E-state index in [2.05, 4.69) is 10.2 Å². The number of nitrogens with zero attached hydrogens (tertiary/aromatic N) is 2. The minimum Gasteiger partial charge on any atom is -0.159 e. The first-order chi connectivity index (χ1) is 6.77. The second kappa shape index (κ2) is 3.95. The predicted molar refractivity (Wildman–Crippen MR) is 57.5 cm³/mol. The SMILES string of the molecule is Clc1ccc(-c2cccnn2)cc1Cl. The van der Waals surface area contributed by atoms with Gasteiger partial charge in [-0.05, 0) is 24.3 Å². The van der Waals surface area contributed by atoms with Gasteiger partial charge in [0.1, 0.15) is 0 Å². The summed E-state index contributed by atoms with van der Waals surface area (Å²) in [5.74, 6) is 0. The smallest absolute Gasteiger partial charge is 0.0930 e. The van der Waals surface area contributed by atoms with Crippen molar-refractivity contribution in [3.63, 3.8) is 0 Å². The number of benzene rings is 1. The molecular weight excluding hydrogens is 219 g/mol. The third-order valence-electron chi connectivity index (χ3n) is 1.79. The van der Waals surface area contributed by atoms with Crippen LogP contribution in [0.3, 0.4) is 0 Å². The summed E-state index contributed by atoms with van der Waals surface area (Å²) in [6.07, 6.45) is 1.63. The fourth-order valence-electron chi connectivity index (χ4n) is 1.11. The molecule has 0 aliphatic carbocycles. The van der Waals surface area contributed by atoms with Crippen molar-refractivity contribution >= 4 is 23.2 Å². The molecule has 0 bridgehead atoms. The highest BCUT2D eigenvalue weighted by molar-refractivity contribution is 6.42. The Morgan fingerprint density at radius 3 is 2.50 bits per heavy atom. The molecule has 0 aliphatic heterocycles. The van der Waals surface area contributed by atoms with Gasteiger partial charge in [-0.1, -0.05) is 29.3 Å². The summed E-state index contributed by atoms with van der Waals surface area (Å²) in [5.41, 5.74) is 1.69. The Bertz CT molecular complexity index is 443. The largest absolute Gasteiger partial charge is 0.159 e. The first kappa shape index (κ1) is 9.44. The maximum atomic E-state index is 5.88. The molecule has 0 unspecified atom stereocenters. The van der Waals surface area contributed by atoms with Crippen molar-refractivity contribution in [3.8, 4) is 11.3 Å². The maximum absolute atomic E-state index is 5.88. The molecule has 1 aromatic heterocycles. The first-order valence-electron chi connectivity index (χ1n) is 4.00. The molecule has 0 radical (unpaired) electrons. The van der Waals surface area contributed by atoms with Crippen molar-refractivity contribution in [2.45, 2.75) is 0 Å². The number of hydrogen-bond donors (Lipinski definition) is 0. The lowest BCUT2D eigenvalue weighted by molar-refractivity contribution is 1.04. The minimum absolute atomic E-state index is 0.523. The van der Waals surface area contributed by atoms with Gasteiger partial charge in [-0.2, -0.15) is 10.2 Å². The van der Waals surface area contributed by atoms with E-state index in [9.17, 15) is 0 Å². The van der Waals surface area contributed by atoms with E-state index >= 15 is 0 Å². The van der Waals surface area contributed by atoms with Crippen molar-refractivity contribution in [2.75, 3.05) is 0 Å². The molecule has 2 aromatic rings. The Labute approximate surface area is 91.5 Å².